The zero-order valence-electron chi connectivity index (χ0n) is 10.8. The van der Waals surface area contributed by atoms with E-state index in [1.54, 1.807) is 13.8 Å². The smallest absolute Gasteiger partial charge is 0.308 e. The molecule has 0 saturated carbocycles. The van der Waals surface area contributed by atoms with Crippen molar-refractivity contribution < 1.29 is 19.8 Å². The number of carboxylic acids is 1. The average molecular weight is 245 g/mol. The minimum Gasteiger partial charge on any atom is -0.481 e. The number of rotatable bonds is 8. The first kappa shape index (κ1) is 15.9. The molecule has 0 aromatic carbocycles. The van der Waals surface area contributed by atoms with Gasteiger partial charge in [0.15, 0.2) is 0 Å². The summed E-state index contributed by atoms with van der Waals surface area (Å²) in [4.78, 5) is 24.0. The summed E-state index contributed by atoms with van der Waals surface area (Å²) in [7, 11) is 0. The van der Waals surface area contributed by atoms with E-state index in [0.29, 0.717) is 6.42 Å². The molecule has 0 aromatic heterocycles. The quantitative estimate of drug-likeness (QED) is 0.671. The summed E-state index contributed by atoms with van der Waals surface area (Å²) in [5.74, 6) is -1.62. The Morgan fingerprint density at radius 2 is 1.82 bits per heavy atom. The Hall–Kier alpha value is -1.10. The zero-order valence-corrected chi connectivity index (χ0v) is 10.8. The summed E-state index contributed by atoms with van der Waals surface area (Å²) >= 11 is 0. The molecule has 0 saturated heterocycles. The molecule has 0 aliphatic heterocycles. The Labute approximate surface area is 102 Å². The summed E-state index contributed by atoms with van der Waals surface area (Å²) in [6.07, 6.45) is 1.48. The molecule has 0 bridgehead atoms. The third kappa shape index (κ3) is 6.94. The van der Waals surface area contributed by atoms with Gasteiger partial charge in [-0.05, 0) is 13.3 Å². The van der Waals surface area contributed by atoms with E-state index in [2.05, 4.69) is 0 Å². The normalized spacial score (nSPS) is 14.1. The first-order valence-electron chi connectivity index (χ1n) is 6.07. The van der Waals surface area contributed by atoms with Crippen LogP contribution in [0.2, 0.25) is 0 Å². The van der Waals surface area contributed by atoms with Crippen molar-refractivity contribution in [2.45, 2.75) is 46.1 Å². The molecule has 0 aliphatic carbocycles. The van der Waals surface area contributed by atoms with Gasteiger partial charge >= 0.3 is 5.97 Å². The minimum atomic E-state index is -0.927. The molecular weight excluding hydrogens is 222 g/mol. The van der Waals surface area contributed by atoms with Crippen molar-refractivity contribution >= 4 is 11.9 Å². The van der Waals surface area contributed by atoms with Gasteiger partial charge in [-0.1, -0.05) is 20.3 Å². The largest absolute Gasteiger partial charge is 0.481 e. The van der Waals surface area contributed by atoms with Gasteiger partial charge in [0.25, 0.3) is 0 Å². The lowest BCUT2D eigenvalue weighted by molar-refractivity contribution is -0.143. The number of hydrogen-bond acceptors (Lipinski definition) is 3. The van der Waals surface area contributed by atoms with Gasteiger partial charge in [0.2, 0.25) is 5.91 Å². The minimum absolute atomic E-state index is 0.0825. The van der Waals surface area contributed by atoms with Crippen molar-refractivity contribution in [1.82, 2.24) is 4.90 Å². The second-order valence-electron chi connectivity index (χ2n) is 4.49. The highest BCUT2D eigenvalue weighted by atomic mass is 16.4. The van der Waals surface area contributed by atoms with Crippen molar-refractivity contribution in [3.8, 4) is 0 Å². The number of hydrogen-bond donors (Lipinski definition) is 2. The van der Waals surface area contributed by atoms with Crippen LogP contribution in [0.1, 0.15) is 40.0 Å². The number of amides is 1. The summed E-state index contributed by atoms with van der Waals surface area (Å²) in [5, 5.41) is 18.1. The Morgan fingerprint density at radius 3 is 2.24 bits per heavy atom. The van der Waals surface area contributed by atoms with Crippen LogP contribution in [-0.2, 0) is 9.59 Å². The fourth-order valence-electron chi connectivity index (χ4n) is 1.49. The lowest BCUT2D eigenvalue weighted by Crippen LogP contribution is -2.40. The van der Waals surface area contributed by atoms with Crippen LogP contribution in [0.15, 0.2) is 0 Å². The molecule has 5 heteroatoms. The van der Waals surface area contributed by atoms with Gasteiger partial charge in [-0.15, -0.1) is 0 Å². The van der Waals surface area contributed by atoms with Crippen molar-refractivity contribution in [2.24, 2.45) is 5.92 Å². The number of unbranched alkanes of at least 4 members (excludes halogenated alkanes) is 1. The zero-order chi connectivity index (χ0) is 13.4. The van der Waals surface area contributed by atoms with Crippen LogP contribution in [0, 0.1) is 5.92 Å². The molecule has 0 aromatic rings. The van der Waals surface area contributed by atoms with Gasteiger partial charge in [0.1, 0.15) is 0 Å². The standard InChI is InChI=1S/C12H23NO4/c1-4-5-6-11(15)13(8-10(3)14)7-9(2)12(16)17/h9-10,14H,4-8H2,1-3H3,(H,16,17). The number of aliphatic hydroxyl groups is 1. The van der Waals surface area contributed by atoms with Gasteiger partial charge in [0, 0.05) is 19.5 Å². The second-order valence-corrected chi connectivity index (χ2v) is 4.49. The summed E-state index contributed by atoms with van der Waals surface area (Å²) in [6.45, 7) is 5.49. The molecule has 0 spiro atoms. The SMILES string of the molecule is CCCCC(=O)N(CC(C)O)CC(C)C(=O)O. The van der Waals surface area contributed by atoms with Crippen molar-refractivity contribution in [1.29, 1.82) is 0 Å². The molecular formula is C12H23NO4. The molecule has 0 fully saturated rings. The number of aliphatic carboxylic acids is 1. The van der Waals surface area contributed by atoms with E-state index in [4.69, 9.17) is 5.11 Å². The maximum Gasteiger partial charge on any atom is 0.308 e. The molecule has 2 atom stereocenters. The molecule has 100 valence electrons. The van der Waals surface area contributed by atoms with E-state index >= 15 is 0 Å². The summed E-state index contributed by atoms with van der Waals surface area (Å²) in [5.41, 5.74) is 0. The molecule has 0 radical (unpaired) electrons. The maximum atomic E-state index is 11.8. The number of carbonyl (C=O) groups is 2. The van der Waals surface area contributed by atoms with E-state index in [1.165, 1.54) is 4.90 Å². The predicted octanol–water partition coefficient (Wildman–Crippen LogP) is 1.11. The van der Waals surface area contributed by atoms with Crippen LogP contribution in [0.3, 0.4) is 0 Å². The number of aliphatic hydroxyl groups excluding tert-OH is 1. The summed E-state index contributed by atoms with van der Waals surface area (Å²) < 4.78 is 0. The highest BCUT2D eigenvalue weighted by Crippen LogP contribution is 2.06. The van der Waals surface area contributed by atoms with Crippen LogP contribution >= 0.6 is 0 Å². The fourth-order valence-corrected chi connectivity index (χ4v) is 1.49. The van der Waals surface area contributed by atoms with Gasteiger partial charge in [-0.3, -0.25) is 9.59 Å². The van der Waals surface area contributed by atoms with Crippen LogP contribution in [-0.4, -0.2) is 46.2 Å². The Bertz CT molecular complexity index is 253. The molecule has 2 unspecified atom stereocenters. The summed E-state index contributed by atoms with van der Waals surface area (Å²) in [6, 6.07) is 0. The van der Waals surface area contributed by atoms with Crippen LogP contribution < -0.4 is 0 Å². The second kappa shape index (κ2) is 8.06. The molecule has 0 rings (SSSR count). The number of nitrogens with zero attached hydrogens (tertiary/aromatic N) is 1. The van der Waals surface area contributed by atoms with E-state index in [9.17, 15) is 14.7 Å². The lowest BCUT2D eigenvalue weighted by Gasteiger charge is -2.25. The highest BCUT2D eigenvalue weighted by Gasteiger charge is 2.21. The van der Waals surface area contributed by atoms with Crippen molar-refractivity contribution in [3.63, 3.8) is 0 Å². The first-order chi connectivity index (χ1) is 7.88. The van der Waals surface area contributed by atoms with Crippen LogP contribution in [0.5, 0.6) is 0 Å². The van der Waals surface area contributed by atoms with E-state index in [0.717, 1.165) is 12.8 Å². The molecule has 17 heavy (non-hydrogen) atoms. The fraction of sp³-hybridized carbons (Fsp3) is 0.833. The topological polar surface area (TPSA) is 77.8 Å². The van der Waals surface area contributed by atoms with Crippen molar-refractivity contribution in [3.05, 3.63) is 0 Å². The highest BCUT2D eigenvalue weighted by molar-refractivity contribution is 5.77. The lowest BCUT2D eigenvalue weighted by atomic mass is 10.1. The Kier molecular flexibility index (Phi) is 7.54. The van der Waals surface area contributed by atoms with E-state index in [-0.39, 0.29) is 19.0 Å². The van der Waals surface area contributed by atoms with Gasteiger partial charge in [0.05, 0.1) is 12.0 Å². The molecule has 1 amide bonds. The van der Waals surface area contributed by atoms with Gasteiger partial charge in [-0.25, -0.2) is 0 Å². The predicted molar refractivity (Wildman–Crippen MR) is 64.6 cm³/mol. The Balaban J connectivity index is 4.41. The first-order valence-corrected chi connectivity index (χ1v) is 6.07. The third-order valence-corrected chi connectivity index (χ3v) is 2.50. The monoisotopic (exact) mass is 245 g/mol. The van der Waals surface area contributed by atoms with Crippen LogP contribution in [0.25, 0.3) is 0 Å². The van der Waals surface area contributed by atoms with E-state index in [1.807, 2.05) is 6.92 Å². The molecule has 0 aliphatic rings. The maximum absolute atomic E-state index is 11.8. The molecule has 2 N–H and O–H groups in total. The third-order valence-electron chi connectivity index (χ3n) is 2.50. The van der Waals surface area contributed by atoms with E-state index < -0.39 is 18.0 Å². The molecule has 0 heterocycles. The number of carboxylic acid groups (broad SMARTS) is 1. The Morgan fingerprint density at radius 1 is 1.24 bits per heavy atom. The number of carbonyl (C=O) groups excluding carboxylic acids is 1. The van der Waals surface area contributed by atoms with Gasteiger partial charge < -0.3 is 15.1 Å². The van der Waals surface area contributed by atoms with Crippen molar-refractivity contribution in [2.75, 3.05) is 13.1 Å². The molecule has 5 nitrogen and oxygen atoms in total. The average Bonchev–Trinajstić information content (AvgIpc) is 2.23. The van der Waals surface area contributed by atoms with Gasteiger partial charge in [-0.2, -0.15) is 0 Å². The van der Waals surface area contributed by atoms with Crippen LogP contribution in [0.4, 0.5) is 0 Å².